The van der Waals surface area contributed by atoms with Crippen molar-refractivity contribution < 1.29 is 18.6 Å². The summed E-state index contributed by atoms with van der Waals surface area (Å²) in [6, 6.07) is 0. The zero-order valence-electron chi connectivity index (χ0n) is 14.6. The van der Waals surface area contributed by atoms with E-state index >= 15 is 0 Å². The average Bonchev–Trinajstić information content (AvgIpc) is 2.73. The lowest BCUT2D eigenvalue weighted by molar-refractivity contribution is -0.130. The lowest BCUT2D eigenvalue weighted by atomic mass is 9.48. The van der Waals surface area contributed by atoms with Crippen LogP contribution in [0.1, 0.15) is 61.8 Å². The van der Waals surface area contributed by atoms with Crippen LogP contribution in [0.25, 0.3) is 0 Å². The second-order valence-corrected chi connectivity index (χ2v) is 8.25. The van der Waals surface area contributed by atoms with Crippen LogP contribution in [0, 0.1) is 11.8 Å². The highest BCUT2D eigenvalue weighted by Gasteiger charge is 2.72. The van der Waals surface area contributed by atoms with E-state index in [2.05, 4.69) is 55.4 Å². The average molecular weight is 294 g/mol. The fourth-order valence-corrected chi connectivity index (χ4v) is 4.65. The SMILES string of the molecule is CCC1C(C)C2(C)OB(OC2(C)C)B2OC(C)(C)C1(C)O2. The van der Waals surface area contributed by atoms with Crippen LogP contribution in [0.5, 0.6) is 0 Å². The van der Waals surface area contributed by atoms with Crippen molar-refractivity contribution >= 4 is 14.0 Å². The Bertz CT molecular complexity index is 455. The van der Waals surface area contributed by atoms with Gasteiger partial charge in [0.05, 0.1) is 22.4 Å². The molecule has 4 bridgehead atoms. The maximum Gasteiger partial charge on any atom is 0.489 e. The van der Waals surface area contributed by atoms with Gasteiger partial charge in [-0.05, 0) is 53.4 Å². The quantitative estimate of drug-likeness (QED) is 0.697. The Hall–Kier alpha value is -0.0301. The number of fused-ring (bicyclic) bond motifs is 5. The minimum atomic E-state index is -0.452. The Balaban J connectivity index is 2.13. The minimum Gasteiger partial charge on any atom is -0.405 e. The van der Waals surface area contributed by atoms with E-state index in [0.717, 1.165) is 6.42 Å². The van der Waals surface area contributed by atoms with E-state index in [1.807, 2.05) is 0 Å². The van der Waals surface area contributed by atoms with Crippen molar-refractivity contribution in [2.24, 2.45) is 11.8 Å². The molecule has 0 spiro atoms. The lowest BCUT2D eigenvalue weighted by Gasteiger charge is -2.51. The zero-order chi connectivity index (χ0) is 15.8. The van der Waals surface area contributed by atoms with E-state index in [1.54, 1.807) is 0 Å². The fraction of sp³-hybridized carbons (Fsp3) is 1.00. The molecule has 0 amide bonds. The van der Waals surface area contributed by atoms with Gasteiger partial charge in [-0.25, -0.2) is 0 Å². The summed E-state index contributed by atoms with van der Waals surface area (Å²) < 4.78 is 25.1. The summed E-state index contributed by atoms with van der Waals surface area (Å²) in [5.41, 5.74) is -1.39. The first kappa shape index (κ1) is 15.8. The van der Waals surface area contributed by atoms with Crippen LogP contribution in [0.2, 0.25) is 0 Å². The summed E-state index contributed by atoms with van der Waals surface area (Å²) in [4.78, 5) is 0. The van der Waals surface area contributed by atoms with E-state index in [-0.39, 0.29) is 22.4 Å². The molecule has 0 N–H and O–H groups in total. The summed E-state index contributed by atoms with van der Waals surface area (Å²) in [6.45, 7) is 17.3. The summed E-state index contributed by atoms with van der Waals surface area (Å²) in [7, 11) is -0.904. The predicted molar refractivity (Wildman–Crippen MR) is 83.8 cm³/mol. The van der Waals surface area contributed by atoms with Crippen LogP contribution < -0.4 is 0 Å². The molecule has 118 valence electrons. The van der Waals surface area contributed by atoms with Gasteiger partial charge in [-0.3, -0.25) is 0 Å². The Kier molecular flexibility index (Phi) is 3.23. The van der Waals surface area contributed by atoms with Crippen molar-refractivity contribution in [1.82, 2.24) is 0 Å². The van der Waals surface area contributed by atoms with Gasteiger partial charge in [-0.15, -0.1) is 0 Å². The summed E-state index contributed by atoms with van der Waals surface area (Å²) in [5.74, 6) is 0.638. The van der Waals surface area contributed by atoms with Crippen molar-refractivity contribution in [2.75, 3.05) is 0 Å². The first-order chi connectivity index (χ1) is 9.48. The molecule has 3 rings (SSSR count). The van der Waals surface area contributed by atoms with Crippen LogP contribution in [-0.4, -0.2) is 36.4 Å². The second-order valence-electron chi connectivity index (χ2n) is 8.25. The third kappa shape index (κ3) is 1.79. The molecule has 0 aromatic heterocycles. The molecule has 4 unspecified atom stereocenters. The first-order valence-corrected chi connectivity index (χ1v) is 8.20. The molecule has 0 aromatic rings. The Morgan fingerprint density at radius 2 is 1.19 bits per heavy atom. The highest BCUT2D eigenvalue weighted by molar-refractivity contribution is 7.11. The number of hydrogen-bond acceptors (Lipinski definition) is 4. The second kappa shape index (κ2) is 4.28. The van der Waals surface area contributed by atoms with Gasteiger partial charge in [0, 0.05) is 0 Å². The molecule has 0 aliphatic carbocycles. The van der Waals surface area contributed by atoms with Gasteiger partial charge in [0.15, 0.2) is 0 Å². The Morgan fingerprint density at radius 3 is 1.67 bits per heavy atom. The monoisotopic (exact) mass is 294 g/mol. The molecule has 3 aliphatic rings. The molecule has 4 atom stereocenters. The third-order valence-electron chi connectivity index (χ3n) is 6.78. The third-order valence-corrected chi connectivity index (χ3v) is 6.78. The van der Waals surface area contributed by atoms with Crippen molar-refractivity contribution in [1.29, 1.82) is 0 Å². The minimum absolute atomic E-state index is 0.300. The molecule has 6 heteroatoms. The van der Waals surface area contributed by atoms with E-state index in [4.69, 9.17) is 18.6 Å². The van der Waals surface area contributed by atoms with E-state index < -0.39 is 14.0 Å². The van der Waals surface area contributed by atoms with Crippen LogP contribution in [-0.2, 0) is 18.6 Å². The standard InChI is InChI=1S/C15H28B2O4/c1-9-11-10(2)14(7)12(3,4)18-16(20-14)17-19-13(5,6)15(11,8)21-17/h10-11H,9H2,1-8H3. The maximum absolute atomic E-state index is 6.38. The predicted octanol–water partition coefficient (Wildman–Crippen LogP) is 2.89. The molecular formula is C15H28B2O4. The van der Waals surface area contributed by atoms with Gasteiger partial charge >= 0.3 is 14.0 Å². The number of hydrogen-bond donors (Lipinski definition) is 0. The van der Waals surface area contributed by atoms with E-state index in [1.165, 1.54) is 0 Å². The molecule has 21 heavy (non-hydrogen) atoms. The topological polar surface area (TPSA) is 36.9 Å². The molecule has 3 heterocycles. The van der Waals surface area contributed by atoms with E-state index in [0.29, 0.717) is 11.8 Å². The van der Waals surface area contributed by atoms with E-state index in [9.17, 15) is 0 Å². The van der Waals surface area contributed by atoms with Crippen molar-refractivity contribution in [2.45, 2.75) is 84.2 Å². The summed E-state index contributed by atoms with van der Waals surface area (Å²) in [6.07, 6.45) is 1.02. The Morgan fingerprint density at radius 1 is 0.762 bits per heavy atom. The zero-order valence-corrected chi connectivity index (χ0v) is 14.6. The maximum atomic E-state index is 6.38. The molecule has 3 fully saturated rings. The molecule has 0 radical (unpaired) electrons. The van der Waals surface area contributed by atoms with Crippen molar-refractivity contribution in [3.8, 4) is 0 Å². The van der Waals surface area contributed by atoms with Crippen molar-refractivity contribution in [3.63, 3.8) is 0 Å². The van der Waals surface area contributed by atoms with Gasteiger partial charge in [0.25, 0.3) is 0 Å². The largest absolute Gasteiger partial charge is 0.489 e. The molecule has 4 nitrogen and oxygen atoms in total. The van der Waals surface area contributed by atoms with Crippen LogP contribution >= 0.6 is 0 Å². The highest BCUT2D eigenvalue weighted by Crippen LogP contribution is 2.56. The van der Waals surface area contributed by atoms with Gasteiger partial charge in [0.1, 0.15) is 0 Å². The molecular weight excluding hydrogens is 266 g/mol. The molecule has 0 aromatic carbocycles. The Labute approximate surface area is 129 Å². The normalized spacial score (nSPS) is 47.4. The fourth-order valence-electron chi connectivity index (χ4n) is 4.65. The first-order valence-electron chi connectivity index (χ1n) is 8.20. The smallest absolute Gasteiger partial charge is 0.405 e. The van der Waals surface area contributed by atoms with Crippen LogP contribution in [0.15, 0.2) is 0 Å². The van der Waals surface area contributed by atoms with Gasteiger partial charge in [-0.1, -0.05) is 20.3 Å². The van der Waals surface area contributed by atoms with Gasteiger partial charge in [-0.2, -0.15) is 0 Å². The van der Waals surface area contributed by atoms with Crippen LogP contribution in [0.3, 0.4) is 0 Å². The molecule has 3 saturated heterocycles. The summed E-state index contributed by atoms with van der Waals surface area (Å²) >= 11 is 0. The summed E-state index contributed by atoms with van der Waals surface area (Å²) in [5, 5.41) is 0. The number of rotatable bonds is 1. The van der Waals surface area contributed by atoms with Crippen LogP contribution in [0.4, 0.5) is 0 Å². The van der Waals surface area contributed by atoms with Crippen molar-refractivity contribution in [3.05, 3.63) is 0 Å². The van der Waals surface area contributed by atoms with Gasteiger partial charge < -0.3 is 18.6 Å². The molecule has 3 aliphatic heterocycles. The highest BCUT2D eigenvalue weighted by atomic mass is 16.7. The van der Waals surface area contributed by atoms with Gasteiger partial charge in [0.2, 0.25) is 0 Å². The lowest BCUT2D eigenvalue weighted by Crippen LogP contribution is -2.60. The molecule has 0 saturated carbocycles.